The Morgan fingerprint density at radius 3 is 2.32 bits per heavy atom. The number of amides is 1. The number of hydrogen-bond donors (Lipinski definition) is 1. The third kappa shape index (κ3) is 4.23. The van der Waals surface area contributed by atoms with Crippen LogP contribution in [-0.2, 0) is 0 Å². The third-order valence-corrected chi connectivity index (χ3v) is 6.57. The van der Waals surface area contributed by atoms with E-state index in [1.165, 1.54) is 0 Å². The molecule has 0 unspecified atom stereocenters. The van der Waals surface area contributed by atoms with Crippen LogP contribution in [0.1, 0.15) is 32.6 Å². The summed E-state index contributed by atoms with van der Waals surface area (Å²) in [5.41, 5.74) is 7.98. The number of anilines is 1. The van der Waals surface area contributed by atoms with Crippen LogP contribution in [0.15, 0.2) is 59.1 Å². The van der Waals surface area contributed by atoms with Gasteiger partial charge in [-0.25, -0.2) is 4.98 Å². The standard InChI is InChI=1S/C26H22BrClN2O/c1-14-11-16(3)24-21(12-14)23(26(31)29-20-9-10-22(27)15(2)13-20)17(4)25(30-24)18-5-7-19(28)8-6-18/h5-13H,1-4H3,(H,29,31). The van der Waals surface area contributed by atoms with Gasteiger partial charge >= 0.3 is 0 Å². The van der Waals surface area contributed by atoms with Crippen LogP contribution in [0, 0.1) is 27.7 Å². The second-order valence-corrected chi connectivity index (χ2v) is 9.15. The lowest BCUT2D eigenvalue weighted by Crippen LogP contribution is -2.15. The minimum absolute atomic E-state index is 0.146. The number of nitrogens with one attached hydrogen (secondary N) is 1. The molecule has 5 heteroatoms. The SMILES string of the molecule is Cc1cc(C)c2nc(-c3ccc(Cl)cc3)c(C)c(C(=O)Nc3ccc(Br)c(C)c3)c2c1. The molecule has 156 valence electrons. The van der Waals surface area contributed by atoms with Crippen LogP contribution in [0.4, 0.5) is 5.69 Å². The maximum Gasteiger partial charge on any atom is 0.256 e. The molecule has 0 bridgehead atoms. The van der Waals surface area contributed by atoms with Crippen molar-refractivity contribution in [1.82, 2.24) is 4.98 Å². The molecule has 0 aliphatic carbocycles. The largest absolute Gasteiger partial charge is 0.322 e. The molecule has 1 amide bonds. The molecule has 31 heavy (non-hydrogen) atoms. The van der Waals surface area contributed by atoms with Crippen molar-refractivity contribution < 1.29 is 4.79 Å². The molecule has 1 heterocycles. The Bertz CT molecular complexity index is 1330. The highest BCUT2D eigenvalue weighted by Gasteiger charge is 2.20. The van der Waals surface area contributed by atoms with Gasteiger partial charge in [0.1, 0.15) is 0 Å². The molecule has 0 spiro atoms. The van der Waals surface area contributed by atoms with Gasteiger partial charge in [-0.3, -0.25) is 4.79 Å². The van der Waals surface area contributed by atoms with Gasteiger partial charge < -0.3 is 5.32 Å². The predicted octanol–water partition coefficient (Wildman–Crippen LogP) is 7.80. The second kappa shape index (κ2) is 8.45. The van der Waals surface area contributed by atoms with Crippen molar-refractivity contribution in [2.75, 3.05) is 5.32 Å². The zero-order valence-corrected chi connectivity index (χ0v) is 20.1. The topological polar surface area (TPSA) is 42.0 Å². The molecule has 0 fully saturated rings. The van der Waals surface area contributed by atoms with E-state index < -0.39 is 0 Å². The van der Waals surface area contributed by atoms with Gasteiger partial charge in [-0.1, -0.05) is 51.3 Å². The molecule has 0 radical (unpaired) electrons. The molecule has 0 saturated heterocycles. The summed E-state index contributed by atoms with van der Waals surface area (Å²) in [5, 5.41) is 4.60. The monoisotopic (exact) mass is 492 g/mol. The zero-order chi connectivity index (χ0) is 22.3. The highest BCUT2D eigenvalue weighted by atomic mass is 79.9. The zero-order valence-electron chi connectivity index (χ0n) is 17.8. The first kappa shape index (κ1) is 21.5. The van der Waals surface area contributed by atoms with Crippen molar-refractivity contribution in [3.05, 3.63) is 91.9 Å². The fourth-order valence-electron chi connectivity index (χ4n) is 3.91. The molecule has 1 aromatic heterocycles. The number of halogens is 2. The van der Waals surface area contributed by atoms with E-state index in [1.807, 2.05) is 76.2 Å². The number of carbonyl (C=O) groups is 1. The van der Waals surface area contributed by atoms with Crippen LogP contribution in [0.2, 0.25) is 5.02 Å². The van der Waals surface area contributed by atoms with Crippen LogP contribution >= 0.6 is 27.5 Å². The Labute approximate surface area is 195 Å². The van der Waals surface area contributed by atoms with Gasteiger partial charge in [-0.15, -0.1) is 0 Å². The lowest BCUT2D eigenvalue weighted by atomic mass is 9.94. The van der Waals surface area contributed by atoms with Crippen LogP contribution in [-0.4, -0.2) is 10.9 Å². The fraction of sp³-hybridized carbons (Fsp3) is 0.154. The molecule has 3 nitrogen and oxygen atoms in total. The Morgan fingerprint density at radius 1 is 0.935 bits per heavy atom. The van der Waals surface area contributed by atoms with E-state index in [-0.39, 0.29) is 5.91 Å². The number of aromatic nitrogens is 1. The van der Waals surface area contributed by atoms with E-state index in [4.69, 9.17) is 16.6 Å². The van der Waals surface area contributed by atoms with Crippen LogP contribution in [0.5, 0.6) is 0 Å². The minimum Gasteiger partial charge on any atom is -0.322 e. The molecule has 0 aliphatic rings. The van der Waals surface area contributed by atoms with Crippen molar-refractivity contribution in [3.63, 3.8) is 0 Å². The Hall–Kier alpha value is -2.69. The van der Waals surface area contributed by atoms with Crippen LogP contribution < -0.4 is 5.32 Å². The fourth-order valence-corrected chi connectivity index (χ4v) is 4.29. The number of carbonyl (C=O) groups excluding carboxylic acids is 1. The van der Waals surface area contributed by atoms with E-state index in [2.05, 4.69) is 27.3 Å². The molecule has 4 aromatic rings. The van der Waals surface area contributed by atoms with E-state index in [9.17, 15) is 4.79 Å². The van der Waals surface area contributed by atoms with Gasteiger partial charge in [0.2, 0.25) is 0 Å². The predicted molar refractivity (Wildman–Crippen MR) is 133 cm³/mol. The lowest BCUT2D eigenvalue weighted by molar-refractivity contribution is 0.102. The van der Waals surface area contributed by atoms with Crippen molar-refractivity contribution in [3.8, 4) is 11.3 Å². The first-order valence-corrected chi connectivity index (χ1v) is 11.2. The number of aryl methyl sites for hydroxylation is 3. The van der Waals surface area contributed by atoms with Gasteiger partial charge in [0.25, 0.3) is 5.91 Å². The molecule has 4 rings (SSSR count). The molecule has 0 saturated carbocycles. The first-order valence-electron chi connectivity index (χ1n) is 9.99. The quantitative estimate of drug-likeness (QED) is 0.316. The van der Waals surface area contributed by atoms with Crippen LogP contribution in [0.3, 0.4) is 0 Å². The number of nitrogens with zero attached hydrogens (tertiary/aromatic N) is 1. The van der Waals surface area contributed by atoms with E-state index >= 15 is 0 Å². The average molecular weight is 494 g/mol. The van der Waals surface area contributed by atoms with E-state index in [0.717, 1.165) is 54.6 Å². The number of rotatable bonds is 3. The highest BCUT2D eigenvalue weighted by molar-refractivity contribution is 9.10. The Morgan fingerprint density at radius 2 is 1.65 bits per heavy atom. The van der Waals surface area contributed by atoms with Gasteiger partial charge in [-0.05, 0) is 80.8 Å². The summed E-state index contributed by atoms with van der Waals surface area (Å²) in [5.74, 6) is -0.146. The number of hydrogen-bond acceptors (Lipinski definition) is 2. The summed E-state index contributed by atoms with van der Waals surface area (Å²) < 4.78 is 1.01. The highest BCUT2D eigenvalue weighted by Crippen LogP contribution is 2.33. The second-order valence-electron chi connectivity index (χ2n) is 7.86. The van der Waals surface area contributed by atoms with Crippen molar-refractivity contribution in [1.29, 1.82) is 0 Å². The molecule has 0 aliphatic heterocycles. The Balaban J connectivity index is 1.93. The maximum absolute atomic E-state index is 13.5. The van der Waals surface area contributed by atoms with Gasteiger partial charge in [0.05, 0.1) is 16.8 Å². The normalized spacial score (nSPS) is 11.0. The molecular weight excluding hydrogens is 472 g/mol. The molecule has 1 N–H and O–H groups in total. The van der Waals surface area contributed by atoms with Gasteiger partial charge in [-0.2, -0.15) is 0 Å². The van der Waals surface area contributed by atoms with Crippen molar-refractivity contribution in [2.45, 2.75) is 27.7 Å². The summed E-state index contributed by atoms with van der Waals surface area (Å²) in [7, 11) is 0. The molecule has 0 atom stereocenters. The summed E-state index contributed by atoms with van der Waals surface area (Å²) in [6.07, 6.45) is 0. The number of pyridine rings is 1. The summed E-state index contributed by atoms with van der Waals surface area (Å²) in [6.45, 7) is 8.02. The van der Waals surface area contributed by atoms with Crippen molar-refractivity contribution in [2.24, 2.45) is 0 Å². The summed E-state index contributed by atoms with van der Waals surface area (Å²) in [4.78, 5) is 18.5. The van der Waals surface area contributed by atoms with Crippen molar-refractivity contribution >= 4 is 50.0 Å². The van der Waals surface area contributed by atoms with Gasteiger partial charge in [0.15, 0.2) is 0 Å². The molecular formula is C26H22BrClN2O. The number of benzene rings is 3. The van der Waals surface area contributed by atoms with Crippen LogP contribution in [0.25, 0.3) is 22.2 Å². The Kier molecular flexibility index (Phi) is 5.87. The average Bonchev–Trinajstić information content (AvgIpc) is 2.71. The lowest BCUT2D eigenvalue weighted by Gasteiger charge is -2.17. The maximum atomic E-state index is 13.5. The third-order valence-electron chi connectivity index (χ3n) is 5.43. The minimum atomic E-state index is -0.146. The van der Waals surface area contributed by atoms with E-state index in [1.54, 1.807) is 0 Å². The molecule has 3 aromatic carbocycles. The summed E-state index contributed by atoms with van der Waals surface area (Å²) in [6, 6.07) is 17.5. The first-order chi connectivity index (χ1) is 14.7. The van der Waals surface area contributed by atoms with Gasteiger partial charge in [0, 0.05) is 26.1 Å². The smallest absolute Gasteiger partial charge is 0.256 e. The van der Waals surface area contributed by atoms with E-state index in [0.29, 0.717) is 10.6 Å². The number of fused-ring (bicyclic) bond motifs is 1. The summed E-state index contributed by atoms with van der Waals surface area (Å²) >= 11 is 9.60.